The molecule has 0 saturated carbocycles. The lowest BCUT2D eigenvalue weighted by molar-refractivity contribution is -0.137. The Bertz CT molecular complexity index is 716. The Hall–Kier alpha value is -2.56. The van der Waals surface area contributed by atoms with Gasteiger partial charge in [-0.15, -0.1) is 0 Å². The first kappa shape index (κ1) is 14.4. The smallest absolute Gasteiger partial charge is 0.354 e. The van der Waals surface area contributed by atoms with Crippen LogP contribution in [0.4, 0.5) is 19.0 Å². The van der Waals surface area contributed by atoms with E-state index in [0.717, 1.165) is 6.07 Å². The van der Waals surface area contributed by atoms with Gasteiger partial charge in [0.25, 0.3) is 0 Å². The van der Waals surface area contributed by atoms with E-state index in [2.05, 4.69) is 10.1 Å². The number of alkyl halides is 3. The van der Waals surface area contributed by atoms with E-state index in [-0.39, 0.29) is 11.9 Å². The van der Waals surface area contributed by atoms with Crippen LogP contribution in [0.15, 0.2) is 30.7 Å². The second-order valence-corrected chi connectivity index (χ2v) is 5.08. The summed E-state index contributed by atoms with van der Waals surface area (Å²) in [4.78, 5) is 5.51. The van der Waals surface area contributed by atoms with Crippen molar-refractivity contribution in [3.05, 3.63) is 41.9 Å². The fourth-order valence-electron chi connectivity index (χ4n) is 2.62. The molecule has 1 unspecified atom stereocenters. The number of pyridine rings is 1. The molecule has 1 saturated heterocycles. The van der Waals surface area contributed by atoms with Gasteiger partial charge in [-0.25, -0.2) is 4.98 Å². The molecular formula is C14H12F3N5. The van der Waals surface area contributed by atoms with E-state index in [9.17, 15) is 13.2 Å². The van der Waals surface area contributed by atoms with Crippen LogP contribution in [0.25, 0.3) is 0 Å². The van der Waals surface area contributed by atoms with Crippen LogP contribution >= 0.6 is 0 Å². The molecule has 1 aliphatic rings. The number of anilines is 1. The first-order valence-electron chi connectivity index (χ1n) is 6.70. The van der Waals surface area contributed by atoms with Gasteiger partial charge in [0.2, 0.25) is 0 Å². The monoisotopic (exact) mass is 307 g/mol. The SMILES string of the molecule is N#Cc1cnn(C2CCN(c3ncccc3C(F)(F)F)C2)c1. The fourth-order valence-corrected chi connectivity index (χ4v) is 2.62. The van der Waals surface area contributed by atoms with E-state index in [4.69, 9.17) is 5.26 Å². The molecule has 1 atom stereocenters. The summed E-state index contributed by atoms with van der Waals surface area (Å²) in [7, 11) is 0. The summed E-state index contributed by atoms with van der Waals surface area (Å²) in [5, 5.41) is 12.9. The Morgan fingerprint density at radius 1 is 1.36 bits per heavy atom. The van der Waals surface area contributed by atoms with E-state index in [1.54, 1.807) is 15.8 Å². The van der Waals surface area contributed by atoms with Gasteiger partial charge in [-0.1, -0.05) is 0 Å². The van der Waals surface area contributed by atoms with E-state index < -0.39 is 11.7 Å². The van der Waals surface area contributed by atoms with Gasteiger partial charge in [-0.05, 0) is 18.6 Å². The van der Waals surface area contributed by atoms with Crippen molar-refractivity contribution in [1.82, 2.24) is 14.8 Å². The van der Waals surface area contributed by atoms with Gasteiger partial charge >= 0.3 is 6.18 Å². The van der Waals surface area contributed by atoms with Crippen LogP contribution < -0.4 is 4.90 Å². The third-order valence-corrected chi connectivity index (χ3v) is 3.66. The number of nitrogens with zero attached hydrogens (tertiary/aromatic N) is 5. The largest absolute Gasteiger partial charge is 0.419 e. The molecule has 0 aliphatic carbocycles. The van der Waals surface area contributed by atoms with Gasteiger partial charge in [0.1, 0.15) is 11.9 Å². The molecule has 0 spiro atoms. The van der Waals surface area contributed by atoms with Crippen molar-refractivity contribution < 1.29 is 13.2 Å². The zero-order valence-electron chi connectivity index (χ0n) is 11.5. The van der Waals surface area contributed by atoms with Crippen molar-refractivity contribution in [3.63, 3.8) is 0 Å². The molecule has 22 heavy (non-hydrogen) atoms. The molecule has 3 heterocycles. The quantitative estimate of drug-likeness (QED) is 0.856. The summed E-state index contributed by atoms with van der Waals surface area (Å²) in [6.45, 7) is 0.846. The molecule has 0 N–H and O–H groups in total. The highest BCUT2D eigenvalue weighted by molar-refractivity contribution is 5.49. The molecule has 114 valence electrons. The third kappa shape index (κ3) is 2.62. The van der Waals surface area contributed by atoms with Crippen molar-refractivity contribution in [2.24, 2.45) is 0 Å². The average Bonchev–Trinajstić information content (AvgIpc) is 3.15. The molecule has 0 aromatic carbocycles. The number of halogens is 3. The number of aromatic nitrogens is 3. The number of rotatable bonds is 2. The van der Waals surface area contributed by atoms with Crippen molar-refractivity contribution in [3.8, 4) is 6.07 Å². The van der Waals surface area contributed by atoms with Gasteiger partial charge in [-0.3, -0.25) is 4.68 Å². The molecule has 2 aromatic heterocycles. The highest BCUT2D eigenvalue weighted by atomic mass is 19.4. The van der Waals surface area contributed by atoms with Crippen LogP contribution in [0.5, 0.6) is 0 Å². The Balaban J connectivity index is 1.83. The minimum Gasteiger partial charge on any atom is -0.354 e. The lowest BCUT2D eigenvalue weighted by Crippen LogP contribution is -2.25. The summed E-state index contributed by atoms with van der Waals surface area (Å²) in [5.41, 5.74) is -0.291. The molecule has 5 nitrogen and oxygen atoms in total. The summed E-state index contributed by atoms with van der Waals surface area (Å²) >= 11 is 0. The minimum atomic E-state index is -4.43. The zero-order valence-corrected chi connectivity index (χ0v) is 11.5. The van der Waals surface area contributed by atoms with Gasteiger partial charge < -0.3 is 4.90 Å². The van der Waals surface area contributed by atoms with Crippen molar-refractivity contribution in [2.45, 2.75) is 18.6 Å². The molecule has 2 aromatic rings. The number of nitriles is 1. The maximum Gasteiger partial charge on any atom is 0.419 e. The molecule has 1 fully saturated rings. The van der Waals surface area contributed by atoms with Crippen molar-refractivity contribution >= 4 is 5.82 Å². The van der Waals surface area contributed by atoms with Gasteiger partial charge in [0.05, 0.1) is 23.4 Å². The van der Waals surface area contributed by atoms with Gasteiger partial charge in [-0.2, -0.15) is 23.5 Å². The molecule has 0 radical (unpaired) electrons. The maximum absolute atomic E-state index is 13.1. The van der Waals surface area contributed by atoms with Crippen LogP contribution in [-0.2, 0) is 6.18 Å². The summed E-state index contributed by atoms with van der Waals surface area (Å²) in [5.74, 6) is -0.0508. The Kier molecular flexibility index (Phi) is 3.48. The van der Waals surface area contributed by atoms with Gasteiger partial charge in [0.15, 0.2) is 0 Å². The predicted octanol–water partition coefficient (Wildman–Crippen LogP) is 2.62. The van der Waals surface area contributed by atoms with Crippen LogP contribution in [0.3, 0.4) is 0 Å². The maximum atomic E-state index is 13.1. The first-order valence-corrected chi connectivity index (χ1v) is 6.70. The topological polar surface area (TPSA) is 57.7 Å². The Morgan fingerprint density at radius 2 is 2.18 bits per heavy atom. The second kappa shape index (κ2) is 5.33. The fraction of sp³-hybridized carbons (Fsp3) is 0.357. The second-order valence-electron chi connectivity index (χ2n) is 5.08. The van der Waals surface area contributed by atoms with E-state index >= 15 is 0 Å². The van der Waals surface area contributed by atoms with Crippen molar-refractivity contribution in [1.29, 1.82) is 5.26 Å². The van der Waals surface area contributed by atoms with Crippen LogP contribution in [0, 0.1) is 11.3 Å². The zero-order chi connectivity index (χ0) is 15.7. The highest BCUT2D eigenvalue weighted by Crippen LogP contribution is 2.37. The molecular weight excluding hydrogens is 295 g/mol. The Labute approximate surface area is 124 Å². The molecule has 1 aliphatic heterocycles. The number of hydrogen-bond donors (Lipinski definition) is 0. The lowest BCUT2D eigenvalue weighted by Gasteiger charge is -2.21. The van der Waals surface area contributed by atoms with E-state index in [1.165, 1.54) is 18.5 Å². The van der Waals surface area contributed by atoms with E-state index in [1.807, 2.05) is 6.07 Å². The highest BCUT2D eigenvalue weighted by Gasteiger charge is 2.37. The summed E-state index contributed by atoms with van der Waals surface area (Å²) in [6, 6.07) is 4.24. The number of hydrogen-bond acceptors (Lipinski definition) is 4. The normalized spacial score (nSPS) is 18.5. The molecule has 8 heteroatoms. The van der Waals surface area contributed by atoms with Crippen molar-refractivity contribution in [2.75, 3.05) is 18.0 Å². The summed E-state index contributed by atoms with van der Waals surface area (Å²) in [6.07, 6.45) is 0.642. The first-order chi connectivity index (χ1) is 10.5. The Morgan fingerprint density at radius 3 is 2.86 bits per heavy atom. The summed E-state index contributed by atoms with van der Waals surface area (Å²) < 4.78 is 40.8. The average molecular weight is 307 g/mol. The predicted molar refractivity (Wildman–Crippen MR) is 72.0 cm³/mol. The van der Waals surface area contributed by atoms with Crippen LogP contribution in [-0.4, -0.2) is 27.9 Å². The lowest BCUT2D eigenvalue weighted by atomic mass is 10.2. The van der Waals surface area contributed by atoms with E-state index in [0.29, 0.717) is 25.1 Å². The molecule has 0 bridgehead atoms. The standard InChI is InChI=1S/C14H12F3N5/c15-14(16,17)12-2-1-4-19-13(12)21-5-3-11(9-21)22-8-10(6-18)7-20-22/h1-2,4,7-8,11H,3,5,9H2. The molecule has 3 rings (SSSR count). The minimum absolute atomic E-state index is 0.0508. The van der Waals surface area contributed by atoms with Crippen LogP contribution in [0.2, 0.25) is 0 Å². The third-order valence-electron chi connectivity index (χ3n) is 3.66. The van der Waals surface area contributed by atoms with Gasteiger partial charge in [0, 0.05) is 25.5 Å². The molecule has 0 amide bonds. The van der Waals surface area contributed by atoms with Crippen LogP contribution in [0.1, 0.15) is 23.6 Å².